The number of carbonyl (C=O) groups excluding carboxylic acids is 1. The van der Waals surface area contributed by atoms with E-state index in [9.17, 15) is 4.79 Å². The summed E-state index contributed by atoms with van der Waals surface area (Å²) >= 11 is 0. The van der Waals surface area contributed by atoms with Gasteiger partial charge in [0.05, 0.1) is 5.54 Å². The van der Waals surface area contributed by atoms with E-state index in [1.807, 2.05) is 13.8 Å². The minimum atomic E-state index is -0.611. The van der Waals surface area contributed by atoms with Crippen LogP contribution in [0.5, 0.6) is 0 Å². The summed E-state index contributed by atoms with van der Waals surface area (Å²) in [4.78, 5) is 13.9. The third-order valence-electron chi connectivity index (χ3n) is 3.11. The Morgan fingerprint density at radius 2 is 2.13 bits per heavy atom. The van der Waals surface area contributed by atoms with Crippen LogP contribution in [0.1, 0.15) is 39.5 Å². The van der Waals surface area contributed by atoms with Crippen molar-refractivity contribution in [2.75, 3.05) is 13.2 Å². The number of aliphatic hydroxyl groups excluding tert-OH is 1. The summed E-state index contributed by atoms with van der Waals surface area (Å²) in [5.74, 6) is 0.0530. The normalized spacial score (nSPS) is 18.7. The molecule has 0 radical (unpaired) electrons. The maximum atomic E-state index is 12.1. The molecule has 1 fully saturated rings. The van der Waals surface area contributed by atoms with Gasteiger partial charge in [-0.15, -0.1) is 0 Å². The van der Waals surface area contributed by atoms with Crippen LogP contribution in [0.2, 0.25) is 0 Å². The zero-order chi connectivity index (χ0) is 11.5. The summed E-state index contributed by atoms with van der Waals surface area (Å²) in [6.07, 6.45) is 3.27. The van der Waals surface area contributed by atoms with Crippen LogP contribution in [0.25, 0.3) is 0 Å². The predicted molar refractivity (Wildman–Crippen MR) is 59.3 cm³/mol. The highest BCUT2D eigenvalue weighted by Gasteiger charge is 2.42. The van der Waals surface area contributed by atoms with Gasteiger partial charge in [0.1, 0.15) is 0 Å². The number of hydrogen-bond acceptors (Lipinski definition) is 3. The van der Waals surface area contributed by atoms with Crippen molar-refractivity contribution in [3.05, 3.63) is 0 Å². The van der Waals surface area contributed by atoms with E-state index in [1.165, 1.54) is 0 Å². The largest absolute Gasteiger partial charge is 0.396 e. The number of amides is 1. The van der Waals surface area contributed by atoms with Crippen molar-refractivity contribution in [3.8, 4) is 0 Å². The van der Waals surface area contributed by atoms with Crippen molar-refractivity contribution in [1.29, 1.82) is 0 Å². The first-order chi connectivity index (χ1) is 7.01. The smallest absolute Gasteiger partial charge is 0.242 e. The Hall–Kier alpha value is -0.610. The zero-order valence-corrected chi connectivity index (χ0v) is 9.70. The van der Waals surface area contributed by atoms with E-state index in [2.05, 4.69) is 0 Å². The summed E-state index contributed by atoms with van der Waals surface area (Å²) in [6.45, 7) is 4.69. The van der Waals surface area contributed by atoms with E-state index in [0.29, 0.717) is 13.0 Å². The third-order valence-corrected chi connectivity index (χ3v) is 3.11. The lowest BCUT2D eigenvalue weighted by atomic mass is 9.76. The minimum absolute atomic E-state index is 0.0530. The molecule has 88 valence electrons. The van der Waals surface area contributed by atoms with Crippen LogP contribution in [0.15, 0.2) is 0 Å². The molecule has 0 atom stereocenters. The molecule has 4 nitrogen and oxygen atoms in total. The van der Waals surface area contributed by atoms with Crippen molar-refractivity contribution >= 4 is 5.91 Å². The molecular weight excluding hydrogens is 192 g/mol. The summed E-state index contributed by atoms with van der Waals surface area (Å²) in [5, 5.41) is 8.78. The Morgan fingerprint density at radius 1 is 1.53 bits per heavy atom. The molecule has 0 aliphatic heterocycles. The Kier molecular flexibility index (Phi) is 4.11. The van der Waals surface area contributed by atoms with E-state index in [1.54, 1.807) is 4.90 Å². The lowest BCUT2D eigenvalue weighted by Gasteiger charge is -2.41. The number of nitrogens with two attached hydrogens (primary N) is 1. The molecule has 15 heavy (non-hydrogen) atoms. The summed E-state index contributed by atoms with van der Waals surface area (Å²) in [5.41, 5.74) is 5.39. The molecule has 0 bridgehead atoms. The predicted octanol–water partition coefficient (Wildman–Crippen LogP) is 0.487. The second kappa shape index (κ2) is 4.94. The molecule has 1 aliphatic rings. The molecular formula is C11H22N2O2. The fourth-order valence-corrected chi connectivity index (χ4v) is 1.89. The SMILES string of the molecule is CC(C)N(CCCO)C(=O)C1(N)CCC1. The number of aliphatic hydroxyl groups is 1. The first-order valence-corrected chi connectivity index (χ1v) is 5.72. The third kappa shape index (κ3) is 2.69. The Morgan fingerprint density at radius 3 is 2.47 bits per heavy atom. The van der Waals surface area contributed by atoms with Crippen molar-refractivity contribution in [2.24, 2.45) is 5.73 Å². The van der Waals surface area contributed by atoms with E-state index in [-0.39, 0.29) is 18.6 Å². The number of carbonyl (C=O) groups is 1. The van der Waals surface area contributed by atoms with E-state index >= 15 is 0 Å². The summed E-state index contributed by atoms with van der Waals surface area (Å²) in [7, 11) is 0. The second-order valence-electron chi connectivity index (χ2n) is 4.68. The number of hydrogen-bond donors (Lipinski definition) is 2. The second-order valence-corrected chi connectivity index (χ2v) is 4.68. The van der Waals surface area contributed by atoms with Crippen molar-refractivity contribution in [2.45, 2.75) is 51.1 Å². The van der Waals surface area contributed by atoms with E-state index < -0.39 is 5.54 Å². The van der Waals surface area contributed by atoms with Crippen LogP contribution in [-0.4, -0.2) is 40.6 Å². The molecule has 0 heterocycles. The molecule has 0 spiro atoms. The molecule has 3 N–H and O–H groups in total. The first-order valence-electron chi connectivity index (χ1n) is 5.72. The van der Waals surface area contributed by atoms with Gasteiger partial charge in [-0.3, -0.25) is 4.79 Å². The zero-order valence-electron chi connectivity index (χ0n) is 9.70. The average molecular weight is 214 g/mol. The first kappa shape index (κ1) is 12.5. The van der Waals surface area contributed by atoms with Crippen LogP contribution in [-0.2, 0) is 4.79 Å². The topological polar surface area (TPSA) is 66.6 Å². The minimum Gasteiger partial charge on any atom is -0.396 e. The fraction of sp³-hybridized carbons (Fsp3) is 0.909. The Bertz CT molecular complexity index is 225. The molecule has 1 amide bonds. The van der Waals surface area contributed by atoms with Crippen LogP contribution in [0, 0.1) is 0 Å². The van der Waals surface area contributed by atoms with Gasteiger partial charge in [-0.25, -0.2) is 0 Å². The van der Waals surface area contributed by atoms with Gasteiger partial charge in [-0.1, -0.05) is 0 Å². The van der Waals surface area contributed by atoms with Gasteiger partial charge in [-0.05, 0) is 39.5 Å². The van der Waals surface area contributed by atoms with E-state index in [0.717, 1.165) is 19.3 Å². The molecule has 4 heteroatoms. The average Bonchev–Trinajstić information content (AvgIpc) is 2.14. The lowest BCUT2D eigenvalue weighted by Crippen LogP contribution is -2.61. The highest BCUT2D eigenvalue weighted by molar-refractivity contribution is 5.87. The summed E-state index contributed by atoms with van der Waals surface area (Å²) in [6, 6.07) is 0.157. The molecule has 1 saturated carbocycles. The Balaban J connectivity index is 2.58. The van der Waals surface area contributed by atoms with Crippen LogP contribution >= 0.6 is 0 Å². The van der Waals surface area contributed by atoms with Crippen LogP contribution < -0.4 is 5.73 Å². The maximum absolute atomic E-state index is 12.1. The van der Waals surface area contributed by atoms with Gasteiger partial charge < -0.3 is 15.7 Å². The molecule has 0 aromatic rings. The van der Waals surface area contributed by atoms with Crippen molar-refractivity contribution in [3.63, 3.8) is 0 Å². The van der Waals surface area contributed by atoms with E-state index in [4.69, 9.17) is 10.8 Å². The van der Waals surface area contributed by atoms with Gasteiger partial charge in [0, 0.05) is 19.2 Å². The van der Waals surface area contributed by atoms with Crippen LogP contribution in [0.4, 0.5) is 0 Å². The van der Waals surface area contributed by atoms with Crippen molar-refractivity contribution in [1.82, 2.24) is 4.90 Å². The maximum Gasteiger partial charge on any atom is 0.242 e. The quantitative estimate of drug-likeness (QED) is 0.700. The highest BCUT2D eigenvalue weighted by atomic mass is 16.3. The highest BCUT2D eigenvalue weighted by Crippen LogP contribution is 2.31. The molecule has 0 aromatic heterocycles. The van der Waals surface area contributed by atoms with Gasteiger partial charge in [0.25, 0.3) is 0 Å². The van der Waals surface area contributed by atoms with Gasteiger partial charge in [-0.2, -0.15) is 0 Å². The Labute approximate surface area is 91.4 Å². The monoisotopic (exact) mass is 214 g/mol. The van der Waals surface area contributed by atoms with Crippen LogP contribution in [0.3, 0.4) is 0 Å². The van der Waals surface area contributed by atoms with Gasteiger partial charge >= 0.3 is 0 Å². The molecule has 0 unspecified atom stereocenters. The molecule has 1 aliphatic carbocycles. The van der Waals surface area contributed by atoms with Gasteiger partial charge in [0.2, 0.25) is 5.91 Å². The molecule has 1 rings (SSSR count). The standard InChI is InChI=1S/C11H22N2O2/c1-9(2)13(7-4-8-14)10(15)11(12)5-3-6-11/h9,14H,3-8,12H2,1-2H3. The number of nitrogens with zero attached hydrogens (tertiary/aromatic N) is 1. The van der Waals surface area contributed by atoms with Crippen molar-refractivity contribution < 1.29 is 9.90 Å². The molecule has 0 aromatic carbocycles. The summed E-state index contributed by atoms with van der Waals surface area (Å²) < 4.78 is 0. The lowest BCUT2D eigenvalue weighted by molar-refractivity contribution is -0.142. The molecule has 0 saturated heterocycles. The number of rotatable bonds is 5. The van der Waals surface area contributed by atoms with Gasteiger partial charge in [0.15, 0.2) is 0 Å². The fourth-order valence-electron chi connectivity index (χ4n) is 1.89.